The van der Waals surface area contributed by atoms with Gasteiger partial charge in [-0.3, -0.25) is 4.57 Å². The molecule has 2 aromatic heterocycles. The second-order valence-electron chi connectivity index (χ2n) is 7.25. The topological polar surface area (TPSA) is 77.8 Å². The molecule has 2 heterocycles. The van der Waals surface area contributed by atoms with Crippen LogP contribution in [-0.2, 0) is 12.4 Å². The number of hydrogen-bond donors (Lipinski definition) is 1. The standard InChI is InChI=1S/C25H23N5O2S/c1-2-31-20-14-12-18(13-15-20)30-24(16-32-19-8-4-3-5-9-19)28-29-25(30)33-17-23-26-21-10-6-7-11-22(21)27-23/h3-15H,2,16-17H2,1H3,(H,26,27). The fourth-order valence-corrected chi connectivity index (χ4v) is 4.32. The Morgan fingerprint density at radius 1 is 0.848 bits per heavy atom. The van der Waals surface area contributed by atoms with Crippen molar-refractivity contribution < 1.29 is 9.47 Å². The molecule has 5 rings (SSSR count). The summed E-state index contributed by atoms with van der Waals surface area (Å²) in [6.45, 7) is 2.90. The number of fused-ring (bicyclic) bond motifs is 1. The van der Waals surface area contributed by atoms with Crippen LogP contribution in [0, 0.1) is 0 Å². The molecule has 7 nitrogen and oxygen atoms in total. The van der Waals surface area contributed by atoms with Gasteiger partial charge in [0.25, 0.3) is 0 Å². The molecule has 0 aliphatic carbocycles. The smallest absolute Gasteiger partial charge is 0.196 e. The number of para-hydroxylation sites is 3. The van der Waals surface area contributed by atoms with Crippen molar-refractivity contribution in [2.75, 3.05) is 6.61 Å². The third-order valence-electron chi connectivity index (χ3n) is 4.99. The first-order chi connectivity index (χ1) is 16.3. The van der Waals surface area contributed by atoms with Crippen LogP contribution in [0.25, 0.3) is 16.7 Å². The molecule has 33 heavy (non-hydrogen) atoms. The predicted molar refractivity (Wildman–Crippen MR) is 129 cm³/mol. The minimum atomic E-state index is 0.301. The van der Waals surface area contributed by atoms with E-state index in [1.807, 2.05) is 90.4 Å². The van der Waals surface area contributed by atoms with Crippen molar-refractivity contribution in [1.29, 1.82) is 0 Å². The lowest BCUT2D eigenvalue weighted by Gasteiger charge is -2.12. The van der Waals surface area contributed by atoms with Crippen LogP contribution in [0.5, 0.6) is 11.5 Å². The van der Waals surface area contributed by atoms with Gasteiger partial charge in [-0.25, -0.2) is 4.98 Å². The number of thioether (sulfide) groups is 1. The molecule has 0 atom stereocenters. The summed E-state index contributed by atoms with van der Waals surface area (Å²) in [5.74, 6) is 3.87. The molecule has 166 valence electrons. The molecule has 0 spiro atoms. The Balaban J connectivity index is 1.41. The largest absolute Gasteiger partial charge is 0.494 e. The Morgan fingerprint density at radius 3 is 2.39 bits per heavy atom. The number of nitrogens with one attached hydrogen (secondary N) is 1. The molecular formula is C25H23N5O2S. The van der Waals surface area contributed by atoms with E-state index < -0.39 is 0 Å². The van der Waals surface area contributed by atoms with Gasteiger partial charge in [-0.1, -0.05) is 42.1 Å². The number of hydrogen-bond acceptors (Lipinski definition) is 6. The van der Waals surface area contributed by atoms with E-state index in [1.165, 1.54) is 0 Å². The number of benzene rings is 3. The first-order valence-electron chi connectivity index (χ1n) is 10.7. The van der Waals surface area contributed by atoms with Crippen molar-refractivity contribution in [2.45, 2.75) is 24.4 Å². The maximum atomic E-state index is 5.96. The molecular weight excluding hydrogens is 434 g/mol. The van der Waals surface area contributed by atoms with Gasteiger partial charge in [-0.15, -0.1) is 10.2 Å². The van der Waals surface area contributed by atoms with Crippen LogP contribution >= 0.6 is 11.8 Å². The van der Waals surface area contributed by atoms with Gasteiger partial charge in [0.15, 0.2) is 11.0 Å². The summed E-state index contributed by atoms with van der Waals surface area (Å²) in [7, 11) is 0. The zero-order valence-electron chi connectivity index (χ0n) is 18.1. The Kier molecular flexibility index (Phi) is 6.25. The minimum Gasteiger partial charge on any atom is -0.494 e. The fraction of sp³-hybridized carbons (Fsp3) is 0.160. The summed E-state index contributed by atoms with van der Waals surface area (Å²) in [5, 5.41) is 9.65. The van der Waals surface area contributed by atoms with Gasteiger partial charge in [-0.2, -0.15) is 0 Å². The second kappa shape index (κ2) is 9.79. The highest BCUT2D eigenvalue weighted by atomic mass is 32.2. The predicted octanol–water partition coefficient (Wildman–Crippen LogP) is 5.41. The normalized spacial score (nSPS) is 11.1. The molecule has 0 fully saturated rings. The molecule has 0 aliphatic heterocycles. The summed E-state index contributed by atoms with van der Waals surface area (Å²) in [6.07, 6.45) is 0. The maximum Gasteiger partial charge on any atom is 0.196 e. The van der Waals surface area contributed by atoms with Gasteiger partial charge in [0.05, 0.1) is 23.4 Å². The monoisotopic (exact) mass is 457 g/mol. The van der Waals surface area contributed by atoms with E-state index >= 15 is 0 Å². The van der Waals surface area contributed by atoms with Crippen LogP contribution in [-0.4, -0.2) is 31.3 Å². The molecule has 3 aromatic carbocycles. The minimum absolute atomic E-state index is 0.301. The van der Waals surface area contributed by atoms with E-state index in [2.05, 4.69) is 20.2 Å². The van der Waals surface area contributed by atoms with Gasteiger partial charge in [0.1, 0.15) is 23.9 Å². The average molecular weight is 458 g/mol. The third kappa shape index (κ3) is 4.85. The van der Waals surface area contributed by atoms with Gasteiger partial charge in [0, 0.05) is 5.69 Å². The summed E-state index contributed by atoms with van der Waals surface area (Å²) >= 11 is 1.58. The van der Waals surface area contributed by atoms with Crippen LogP contribution in [0.1, 0.15) is 18.6 Å². The quantitative estimate of drug-likeness (QED) is 0.298. The van der Waals surface area contributed by atoms with Crippen molar-refractivity contribution in [3.05, 3.63) is 90.5 Å². The van der Waals surface area contributed by atoms with Crippen molar-refractivity contribution in [2.24, 2.45) is 0 Å². The van der Waals surface area contributed by atoms with Gasteiger partial charge in [0.2, 0.25) is 0 Å². The number of nitrogens with zero attached hydrogens (tertiary/aromatic N) is 4. The van der Waals surface area contributed by atoms with Crippen molar-refractivity contribution in [3.8, 4) is 17.2 Å². The lowest BCUT2D eigenvalue weighted by molar-refractivity contribution is 0.293. The Morgan fingerprint density at radius 2 is 1.61 bits per heavy atom. The summed E-state index contributed by atoms with van der Waals surface area (Å²) in [4.78, 5) is 8.04. The van der Waals surface area contributed by atoms with Gasteiger partial charge >= 0.3 is 0 Å². The van der Waals surface area contributed by atoms with E-state index in [-0.39, 0.29) is 0 Å². The van der Waals surface area contributed by atoms with E-state index in [0.717, 1.165) is 45.0 Å². The molecule has 0 radical (unpaired) electrons. The van der Waals surface area contributed by atoms with Crippen molar-refractivity contribution in [3.63, 3.8) is 0 Å². The molecule has 0 unspecified atom stereocenters. The molecule has 8 heteroatoms. The van der Waals surface area contributed by atoms with E-state index in [9.17, 15) is 0 Å². The van der Waals surface area contributed by atoms with Crippen LogP contribution in [0.4, 0.5) is 0 Å². The third-order valence-corrected chi connectivity index (χ3v) is 5.93. The van der Waals surface area contributed by atoms with E-state index in [4.69, 9.17) is 9.47 Å². The average Bonchev–Trinajstić information content (AvgIpc) is 3.46. The number of rotatable bonds is 9. The Bertz CT molecular complexity index is 1300. The maximum absolute atomic E-state index is 5.96. The molecule has 0 bridgehead atoms. The summed E-state index contributed by atoms with van der Waals surface area (Å²) in [6, 6.07) is 25.6. The number of H-pyrrole nitrogens is 1. The molecule has 0 saturated carbocycles. The number of aromatic amines is 1. The molecule has 0 saturated heterocycles. The van der Waals surface area contributed by atoms with Gasteiger partial charge in [-0.05, 0) is 55.5 Å². The van der Waals surface area contributed by atoms with Crippen molar-refractivity contribution in [1.82, 2.24) is 24.7 Å². The number of imidazole rings is 1. The zero-order chi connectivity index (χ0) is 22.5. The first kappa shape index (κ1) is 21.1. The van der Waals surface area contributed by atoms with E-state index in [1.54, 1.807) is 11.8 Å². The van der Waals surface area contributed by atoms with Gasteiger partial charge < -0.3 is 14.5 Å². The summed E-state index contributed by atoms with van der Waals surface area (Å²) < 4.78 is 13.6. The lowest BCUT2D eigenvalue weighted by Crippen LogP contribution is -2.07. The molecule has 1 N–H and O–H groups in total. The fourth-order valence-electron chi connectivity index (χ4n) is 3.48. The molecule has 0 amide bonds. The SMILES string of the molecule is CCOc1ccc(-n2c(COc3ccccc3)nnc2SCc2nc3ccccc3[nH]2)cc1. The van der Waals surface area contributed by atoms with Crippen LogP contribution in [0.15, 0.2) is 84.0 Å². The highest BCUT2D eigenvalue weighted by Gasteiger charge is 2.16. The Hall–Kier alpha value is -3.78. The van der Waals surface area contributed by atoms with E-state index in [0.29, 0.717) is 19.0 Å². The zero-order valence-corrected chi connectivity index (χ0v) is 19.0. The van der Waals surface area contributed by atoms with Crippen molar-refractivity contribution >= 4 is 22.8 Å². The summed E-state index contributed by atoms with van der Waals surface area (Å²) in [5.41, 5.74) is 2.93. The van der Waals surface area contributed by atoms with Crippen LogP contribution < -0.4 is 9.47 Å². The number of ether oxygens (including phenoxy) is 2. The lowest BCUT2D eigenvalue weighted by atomic mass is 10.3. The highest BCUT2D eigenvalue weighted by Crippen LogP contribution is 2.27. The number of aromatic nitrogens is 5. The Labute approximate surface area is 195 Å². The molecule has 0 aliphatic rings. The molecule has 5 aromatic rings. The van der Waals surface area contributed by atoms with Crippen LogP contribution in [0.3, 0.4) is 0 Å². The first-order valence-corrected chi connectivity index (χ1v) is 11.7. The second-order valence-corrected chi connectivity index (χ2v) is 8.19. The van der Waals surface area contributed by atoms with Crippen LogP contribution in [0.2, 0.25) is 0 Å². The highest BCUT2D eigenvalue weighted by molar-refractivity contribution is 7.98.